The highest BCUT2D eigenvalue weighted by Gasteiger charge is 2.11. The summed E-state index contributed by atoms with van der Waals surface area (Å²) in [5.41, 5.74) is 2.37. The van der Waals surface area contributed by atoms with Crippen LogP contribution in [0.2, 0.25) is 0 Å². The highest BCUT2D eigenvalue weighted by Crippen LogP contribution is 2.10. The molecule has 0 saturated heterocycles. The summed E-state index contributed by atoms with van der Waals surface area (Å²) in [6.45, 7) is 1.84. The van der Waals surface area contributed by atoms with Crippen molar-refractivity contribution < 1.29 is 14.0 Å². The molecule has 0 aromatic heterocycles. The lowest BCUT2D eigenvalue weighted by atomic mass is 10.1. The highest BCUT2D eigenvalue weighted by atomic mass is 19.1. The van der Waals surface area contributed by atoms with Crippen LogP contribution in [0, 0.1) is 12.7 Å². The molecular formula is C19H19FN2O2. The van der Waals surface area contributed by atoms with E-state index in [0.717, 1.165) is 11.1 Å². The molecule has 4 nitrogen and oxygen atoms in total. The lowest BCUT2D eigenvalue weighted by molar-refractivity contribution is -0.129. The average Bonchev–Trinajstić information content (AvgIpc) is 2.53. The Morgan fingerprint density at radius 3 is 2.62 bits per heavy atom. The van der Waals surface area contributed by atoms with Gasteiger partial charge in [-0.2, -0.15) is 0 Å². The first-order valence-electron chi connectivity index (χ1n) is 7.50. The van der Waals surface area contributed by atoms with E-state index in [2.05, 4.69) is 5.32 Å². The predicted molar refractivity (Wildman–Crippen MR) is 92.9 cm³/mol. The lowest BCUT2D eigenvalue weighted by Crippen LogP contribution is -2.33. The lowest BCUT2D eigenvalue weighted by Gasteiger charge is -2.15. The molecule has 0 aliphatic carbocycles. The third kappa shape index (κ3) is 5.05. The van der Waals surface area contributed by atoms with E-state index < -0.39 is 5.82 Å². The van der Waals surface area contributed by atoms with Gasteiger partial charge < -0.3 is 10.2 Å². The molecule has 2 aromatic carbocycles. The zero-order chi connectivity index (χ0) is 17.5. The summed E-state index contributed by atoms with van der Waals surface area (Å²) in [5.74, 6) is -1.10. The predicted octanol–water partition coefficient (Wildman–Crippen LogP) is 3.24. The maximum absolute atomic E-state index is 13.1. The van der Waals surface area contributed by atoms with Crippen LogP contribution in [0.25, 0.3) is 6.08 Å². The fourth-order valence-corrected chi connectivity index (χ4v) is 2.12. The SMILES string of the molecule is Cc1ccccc1/C=C/C(=O)N(C)CC(=O)Nc1cccc(F)c1. The Balaban J connectivity index is 1.91. The van der Waals surface area contributed by atoms with Crippen molar-refractivity contribution in [3.8, 4) is 0 Å². The molecule has 1 N–H and O–H groups in total. The van der Waals surface area contributed by atoms with Crippen LogP contribution in [0.4, 0.5) is 10.1 Å². The molecule has 0 atom stereocenters. The van der Waals surface area contributed by atoms with Gasteiger partial charge in [-0.1, -0.05) is 30.3 Å². The quantitative estimate of drug-likeness (QED) is 0.858. The third-order valence-electron chi connectivity index (χ3n) is 3.46. The van der Waals surface area contributed by atoms with Crippen LogP contribution < -0.4 is 5.32 Å². The van der Waals surface area contributed by atoms with Crippen LogP contribution in [-0.2, 0) is 9.59 Å². The highest BCUT2D eigenvalue weighted by molar-refractivity contribution is 5.97. The monoisotopic (exact) mass is 326 g/mol. The zero-order valence-electron chi connectivity index (χ0n) is 13.6. The molecule has 0 saturated carbocycles. The molecule has 124 valence electrons. The van der Waals surface area contributed by atoms with E-state index in [-0.39, 0.29) is 18.4 Å². The van der Waals surface area contributed by atoms with Crippen molar-refractivity contribution in [2.75, 3.05) is 18.9 Å². The minimum Gasteiger partial charge on any atom is -0.333 e. The number of hydrogen-bond donors (Lipinski definition) is 1. The van der Waals surface area contributed by atoms with E-state index in [1.54, 1.807) is 12.1 Å². The Bertz CT molecular complexity index is 771. The Morgan fingerprint density at radius 1 is 1.17 bits per heavy atom. The number of aryl methyl sites for hydroxylation is 1. The number of anilines is 1. The van der Waals surface area contributed by atoms with Gasteiger partial charge in [0.25, 0.3) is 0 Å². The van der Waals surface area contributed by atoms with Gasteiger partial charge in [-0.25, -0.2) is 4.39 Å². The number of rotatable bonds is 5. The first-order valence-corrected chi connectivity index (χ1v) is 7.50. The van der Waals surface area contributed by atoms with Crippen molar-refractivity contribution in [2.45, 2.75) is 6.92 Å². The second-order valence-corrected chi connectivity index (χ2v) is 5.44. The van der Waals surface area contributed by atoms with Gasteiger partial charge in [0.1, 0.15) is 5.82 Å². The number of hydrogen-bond acceptors (Lipinski definition) is 2. The molecule has 24 heavy (non-hydrogen) atoms. The summed E-state index contributed by atoms with van der Waals surface area (Å²) in [7, 11) is 1.54. The molecular weight excluding hydrogens is 307 g/mol. The fraction of sp³-hybridized carbons (Fsp3) is 0.158. The molecule has 0 aliphatic rings. The number of benzene rings is 2. The average molecular weight is 326 g/mol. The molecule has 0 aliphatic heterocycles. The summed E-state index contributed by atoms with van der Waals surface area (Å²) in [5, 5.41) is 2.55. The normalized spacial score (nSPS) is 10.6. The minimum absolute atomic E-state index is 0.118. The van der Waals surface area contributed by atoms with Crippen molar-refractivity contribution >= 4 is 23.6 Å². The Labute approximate surface area is 140 Å². The van der Waals surface area contributed by atoms with E-state index in [4.69, 9.17) is 0 Å². The summed E-state index contributed by atoms with van der Waals surface area (Å²) >= 11 is 0. The zero-order valence-corrected chi connectivity index (χ0v) is 13.6. The molecule has 2 amide bonds. The smallest absolute Gasteiger partial charge is 0.246 e. The topological polar surface area (TPSA) is 49.4 Å². The van der Waals surface area contributed by atoms with Crippen LogP contribution in [0.15, 0.2) is 54.6 Å². The molecule has 5 heteroatoms. The number of carbonyl (C=O) groups excluding carboxylic acids is 2. The summed E-state index contributed by atoms with van der Waals surface area (Å²) in [4.78, 5) is 25.3. The van der Waals surface area contributed by atoms with Crippen LogP contribution in [-0.4, -0.2) is 30.3 Å². The van der Waals surface area contributed by atoms with Crippen molar-refractivity contribution in [1.29, 1.82) is 0 Å². The summed E-state index contributed by atoms with van der Waals surface area (Å²) < 4.78 is 13.1. The van der Waals surface area contributed by atoms with Crippen LogP contribution in [0.5, 0.6) is 0 Å². The number of halogens is 1. The van der Waals surface area contributed by atoms with Gasteiger partial charge in [0, 0.05) is 18.8 Å². The van der Waals surface area contributed by atoms with E-state index in [9.17, 15) is 14.0 Å². The fourth-order valence-electron chi connectivity index (χ4n) is 2.12. The van der Waals surface area contributed by atoms with Crippen molar-refractivity contribution in [3.05, 3.63) is 71.6 Å². The van der Waals surface area contributed by atoms with Gasteiger partial charge >= 0.3 is 0 Å². The standard InChI is InChI=1S/C19H19FN2O2/c1-14-6-3-4-7-15(14)10-11-19(24)22(2)13-18(23)21-17-9-5-8-16(20)12-17/h3-12H,13H2,1-2H3,(H,21,23)/b11-10+. The van der Waals surface area contributed by atoms with E-state index in [1.807, 2.05) is 31.2 Å². The second-order valence-electron chi connectivity index (χ2n) is 5.44. The second kappa shape index (κ2) is 8.06. The number of nitrogens with one attached hydrogen (secondary N) is 1. The summed E-state index contributed by atoms with van der Waals surface area (Å²) in [6.07, 6.45) is 3.15. The van der Waals surface area contributed by atoms with Gasteiger partial charge in [0.15, 0.2) is 0 Å². The van der Waals surface area contributed by atoms with E-state index in [0.29, 0.717) is 5.69 Å². The largest absolute Gasteiger partial charge is 0.333 e. The molecule has 0 heterocycles. The molecule has 0 bridgehead atoms. The first-order chi connectivity index (χ1) is 11.5. The van der Waals surface area contributed by atoms with E-state index in [1.165, 1.54) is 36.2 Å². The van der Waals surface area contributed by atoms with Gasteiger partial charge in [-0.15, -0.1) is 0 Å². The van der Waals surface area contributed by atoms with Gasteiger partial charge in [0.2, 0.25) is 11.8 Å². The first kappa shape index (κ1) is 17.4. The number of likely N-dealkylation sites (N-methyl/N-ethyl adjacent to an activating group) is 1. The van der Waals surface area contributed by atoms with Crippen molar-refractivity contribution in [3.63, 3.8) is 0 Å². The molecule has 0 radical (unpaired) electrons. The van der Waals surface area contributed by atoms with Crippen LogP contribution in [0.3, 0.4) is 0 Å². The number of carbonyl (C=O) groups is 2. The Kier molecular flexibility index (Phi) is 5.84. The molecule has 0 unspecified atom stereocenters. The third-order valence-corrected chi connectivity index (χ3v) is 3.46. The Morgan fingerprint density at radius 2 is 1.92 bits per heavy atom. The van der Waals surface area contributed by atoms with Crippen LogP contribution in [0.1, 0.15) is 11.1 Å². The van der Waals surface area contributed by atoms with Gasteiger partial charge in [-0.05, 0) is 42.3 Å². The maximum atomic E-state index is 13.1. The Hall–Kier alpha value is -2.95. The van der Waals surface area contributed by atoms with Crippen LogP contribution >= 0.6 is 0 Å². The summed E-state index contributed by atoms with van der Waals surface area (Å²) in [6, 6.07) is 13.3. The van der Waals surface area contributed by atoms with Crippen molar-refractivity contribution in [1.82, 2.24) is 4.90 Å². The van der Waals surface area contributed by atoms with Crippen molar-refractivity contribution in [2.24, 2.45) is 0 Å². The molecule has 2 rings (SSSR count). The molecule has 2 aromatic rings. The van der Waals surface area contributed by atoms with E-state index >= 15 is 0 Å². The van der Waals surface area contributed by atoms with Gasteiger partial charge in [-0.3, -0.25) is 9.59 Å². The maximum Gasteiger partial charge on any atom is 0.246 e. The minimum atomic E-state index is -0.432. The number of nitrogens with zero attached hydrogens (tertiary/aromatic N) is 1. The number of amides is 2. The molecule has 0 spiro atoms. The van der Waals surface area contributed by atoms with Gasteiger partial charge in [0.05, 0.1) is 6.54 Å². The molecule has 0 fully saturated rings.